The third-order valence-electron chi connectivity index (χ3n) is 11.8. The van der Waals surface area contributed by atoms with Crippen LogP contribution in [0.25, 0.3) is 21.9 Å². The van der Waals surface area contributed by atoms with E-state index in [1.165, 1.54) is 9.80 Å². The third kappa shape index (κ3) is 7.89. The number of halogens is 2. The predicted molar refractivity (Wildman–Crippen MR) is 217 cm³/mol. The van der Waals surface area contributed by atoms with Crippen molar-refractivity contribution in [3.05, 3.63) is 34.9 Å². The van der Waals surface area contributed by atoms with Crippen LogP contribution in [0.4, 0.5) is 41.4 Å². The highest BCUT2D eigenvalue weighted by Gasteiger charge is 2.40. The zero-order chi connectivity index (χ0) is 43.4. The Labute approximate surface area is 356 Å². The lowest BCUT2D eigenvalue weighted by molar-refractivity contribution is -0.0446. The summed E-state index contributed by atoms with van der Waals surface area (Å²) in [5, 5.41) is 8.83. The minimum absolute atomic E-state index is 0.00806. The van der Waals surface area contributed by atoms with Crippen LogP contribution in [0, 0.1) is 11.6 Å². The molecule has 10 rings (SSSR count). The Morgan fingerprint density at radius 1 is 0.581 bits per heavy atom. The molecule has 0 unspecified atom stereocenters. The molecule has 0 radical (unpaired) electrons. The number of rotatable bonds is 8. The summed E-state index contributed by atoms with van der Waals surface area (Å²) in [4.78, 5) is 31.4. The number of cyclic esters (lactones) is 2. The maximum Gasteiger partial charge on any atom is 0.416 e. The van der Waals surface area contributed by atoms with Crippen molar-refractivity contribution in [2.75, 3.05) is 85.3 Å². The molecule has 0 N–H and O–H groups in total. The van der Waals surface area contributed by atoms with E-state index in [1.54, 1.807) is 12.1 Å². The van der Waals surface area contributed by atoms with Gasteiger partial charge in [0.1, 0.15) is 12.2 Å². The molecule has 6 aliphatic rings. The summed E-state index contributed by atoms with van der Waals surface area (Å²) in [5.41, 5.74) is 1.80. The Morgan fingerprint density at radius 2 is 0.935 bits per heavy atom. The van der Waals surface area contributed by atoms with Gasteiger partial charge in [-0.05, 0) is 52.7 Å². The highest BCUT2D eigenvalue weighted by molar-refractivity contribution is 6.02. The molecule has 6 atom stereocenters. The summed E-state index contributed by atoms with van der Waals surface area (Å²) in [7, 11) is 0. The molecule has 8 heterocycles. The fourth-order valence-corrected chi connectivity index (χ4v) is 9.07. The van der Waals surface area contributed by atoms with Crippen LogP contribution in [0.5, 0.6) is 0 Å². The van der Waals surface area contributed by atoms with Gasteiger partial charge in [0.25, 0.3) is 0 Å². The molecule has 336 valence electrons. The van der Waals surface area contributed by atoms with E-state index >= 15 is 8.78 Å². The van der Waals surface area contributed by atoms with Gasteiger partial charge in [0.2, 0.25) is 11.2 Å². The summed E-state index contributed by atoms with van der Waals surface area (Å²) in [5.74, 6) is -0.619. The van der Waals surface area contributed by atoms with Crippen molar-refractivity contribution < 1.29 is 65.3 Å². The standard InChI is InChI=1S/2C21H26FN3O6/c2*1-4-13-10-25(21(26)30-13)19-15-7-14(20-27-5-6-28-20)17(16(22)18(15)31-23-19)24-8-11(2)29-12(3)9-24/h2*7,11-13,20H,4-6,8-10H2,1-3H3/t11-,12-,13+;11-,12-,13-/m11/s1. The Kier molecular flexibility index (Phi) is 11.9. The van der Waals surface area contributed by atoms with E-state index in [0.29, 0.717) is 112 Å². The predicted octanol–water partition coefficient (Wildman–Crippen LogP) is 6.72. The highest BCUT2D eigenvalue weighted by Crippen LogP contribution is 2.44. The molecule has 2 amide bonds. The largest absolute Gasteiger partial charge is 0.444 e. The van der Waals surface area contributed by atoms with E-state index in [-0.39, 0.29) is 59.4 Å². The van der Waals surface area contributed by atoms with Gasteiger partial charge < -0.3 is 56.7 Å². The summed E-state index contributed by atoms with van der Waals surface area (Å²) in [6.45, 7) is 16.1. The number of amides is 2. The number of hydrogen-bond acceptors (Lipinski definition) is 16. The molecule has 0 spiro atoms. The topological polar surface area (TPSA) is 173 Å². The summed E-state index contributed by atoms with van der Waals surface area (Å²) < 4.78 is 87.8. The first kappa shape index (κ1) is 42.4. The molecule has 2 aromatic carbocycles. The van der Waals surface area contributed by atoms with Crippen molar-refractivity contribution in [2.45, 2.75) is 104 Å². The van der Waals surface area contributed by atoms with Crippen molar-refractivity contribution >= 4 is 57.1 Å². The fraction of sp³-hybridized carbons (Fsp3) is 0.619. The summed E-state index contributed by atoms with van der Waals surface area (Å²) in [6, 6.07) is 3.51. The van der Waals surface area contributed by atoms with Gasteiger partial charge in [-0.3, -0.25) is 9.80 Å². The third-order valence-corrected chi connectivity index (χ3v) is 11.8. The number of nitrogens with zero attached hydrogens (tertiary/aromatic N) is 6. The van der Waals surface area contributed by atoms with Crippen LogP contribution < -0.4 is 19.6 Å². The molecule has 4 aromatic rings. The maximum absolute atomic E-state index is 15.9. The van der Waals surface area contributed by atoms with Crippen LogP contribution in [0.1, 0.15) is 78.1 Å². The molecule has 20 heteroatoms. The number of morpholine rings is 2. The van der Waals surface area contributed by atoms with E-state index in [4.69, 9.17) is 46.9 Å². The number of benzene rings is 2. The van der Waals surface area contributed by atoms with Gasteiger partial charge in [0.15, 0.2) is 35.9 Å². The van der Waals surface area contributed by atoms with Crippen LogP contribution in [0.2, 0.25) is 0 Å². The minimum Gasteiger partial charge on any atom is -0.444 e. The highest BCUT2D eigenvalue weighted by atomic mass is 19.1. The molecule has 18 nitrogen and oxygen atoms in total. The van der Waals surface area contributed by atoms with Gasteiger partial charge in [-0.2, -0.15) is 0 Å². The fourth-order valence-electron chi connectivity index (χ4n) is 9.07. The van der Waals surface area contributed by atoms with Crippen LogP contribution in [0.15, 0.2) is 21.2 Å². The number of fused-ring (bicyclic) bond motifs is 2. The van der Waals surface area contributed by atoms with Gasteiger partial charge >= 0.3 is 12.2 Å². The van der Waals surface area contributed by atoms with Gasteiger partial charge in [0, 0.05) is 37.3 Å². The molecule has 6 fully saturated rings. The van der Waals surface area contributed by atoms with Gasteiger partial charge in [-0.1, -0.05) is 24.2 Å². The van der Waals surface area contributed by atoms with E-state index < -0.39 is 36.4 Å². The van der Waals surface area contributed by atoms with Crippen molar-refractivity contribution in [1.29, 1.82) is 0 Å². The second-order valence-corrected chi connectivity index (χ2v) is 16.5. The van der Waals surface area contributed by atoms with E-state index in [1.807, 2.05) is 51.3 Å². The van der Waals surface area contributed by atoms with Gasteiger partial charge in [0.05, 0.1) is 86.1 Å². The monoisotopic (exact) mass is 870 g/mol. The minimum atomic E-state index is -0.709. The molecule has 0 bridgehead atoms. The Bertz CT molecular complexity index is 2120. The molecule has 0 saturated carbocycles. The lowest BCUT2D eigenvalue weighted by atomic mass is 10.0. The van der Waals surface area contributed by atoms with Crippen LogP contribution in [0.3, 0.4) is 0 Å². The number of anilines is 4. The number of carbonyl (C=O) groups is 2. The normalized spacial score (nSPS) is 27.5. The molecular formula is C42H52F2N6O12. The SMILES string of the molecule is CC[C@@H]1CN(c2noc3c(F)c(N4C[C@@H](C)O[C@H](C)C4)c(C4OCCO4)cc23)C(=O)O1.CC[C@H]1CN(c2noc3c(F)c(N4C[C@@H](C)O[C@H](C)C4)c(C4OCCO4)cc23)C(=O)O1. The van der Waals surface area contributed by atoms with E-state index in [0.717, 1.165) is 0 Å². The van der Waals surface area contributed by atoms with Gasteiger partial charge in [-0.25, -0.2) is 18.4 Å². The van der Waals surface area contributed by atoms with E-state index in [9.17, 15) is 9.59 Å². The van der Waals surface area contributed by atoms with Crippen LogP contribution in [-0.2, 0) is 37.9 Å². The molecule has 0 aliphatic carbocycles. The Morgan fingerprint density at radius 3 is 1.26 bits per heavy atom. The molecule has 2 aromatic heterocycles. The van der Waals surface area contributed by atoms with Crippen LogP contribution in [-0.4, -0.2) is 125 Å². The first-order valence-corrected chi connectivity index (χ1v) is 21.4. The molecule has 6 saturated heterocycles. The maximum atomic E-state index is 15.9. The number of aromatic nitrogens is 2. The van der Waals surface area contributed by atoms with Gasteiger partial charge in [-0.15, -0.1) is 0 Å². The van der Waals surface area contributed by atoms with Crippen molar-refractivity contribution in [2.24, 2.45) is 0 Å². The Hall–Kier alpha value is -4.86. The van der Waals surface area contributed by atoms with Crippen molar-refractivity contribution in [3.8, 4) is 0 Å². The quantitative estimate of drug-likeness (QED) is 0.182. The summed E-state index contributed by atoms with van der Waals surface area (Å²) >= 11 is 0. The number of carbonyl (C=O) groups excluding carboxylic acids is 2. The first-order chi connectivity index (χ1) is 29.9. The lowest BCUT2D eigenvalue weighted by Gasteiger charge is -2.38. The number of ether oxygens (including phenoxy) is 8. The average molecular weight is 871 g/mol. The molecule has 6 aliphatic heterocycles. The zero-order valence-electron chi connectivity index (χ0n) is 35.6. The summed E-state index contributed by atoms with van der Waals surface area (Å²) in [6.07, 6.45) is -1.81. The number of hydrogen-bond donors (Lipinski definition) is 0. The zero-order valence-corrected chi connectivity index (χ0v) is 35.6. The molecular weight excluding hydrogens is 818 g/mol. The van der Waals surface area contributed by atoms with Crippen molar-refractivity contribution in [1.82, 2.24) is 10.3 Å². The average Bonchev–Trinajstić information content (AvgIpc) is 4.10. The smallest absolute Gasteiger partial charge is 0.416 e. The van der Waals surface area contributed by atoms with Crippen molar-refractivity contribution in [3.63, 3.8) is 0 Å². The first-order valence-electron chi connectivity index (χ1n) is 21.4. The lowest BCUT2D eigenvalue weighted by Crippen LogP contribution is -2.46. The second-order valence-electron chi connectivity index (χ2n) is 16.5. The van der Waals surface area contributed by atoms with Crippen LogP contribution >= 0.6 is 0 Å². The molecule has 62 heavy (non-hydrogen) atoms. The van der Waals surface area contributed by atoms with E-state index in [2.05, 4.69) is 10.3 Å². The second kappa shape index (κ2) is 17.4. The Balaban J connectivity index is 0.000000158.